The van der Waals surface area contributed by atoms with Crippen LogP contribution in [0.2, 0.25) is 0 Å². The molecule has 2 aromatic carbocycles. The molecule has 0 spiro atoms. The van der Waals surface area contributed by atoms with E-state index >= 15 is 0 Å². The van der Waals surface area contributed by atoms with Crippen LogP contribution in [0.25, 0.3) is 0 Å². The lowest BCUT2D eigenvalue weighted by Gasteiger charge is -2.37. The van der Waals surface area contributed by atoms with Gasteiger partial charge in [0.15, 0.2) is 17.3 Å². The fourth-order valence-corrected chi connectivity index (χ4v) is 4.54. The summed E-state index contributed by atoms with van der Waals surface area (Å²) in [7, 11) is 5.81. The number of hydrogen-bond acceptors (Lipinski definition) is 8. The maximum atomic E-state index is 12.7. The van der Waals surface area contributed by atoms with Crippen LogP contribution in [0.15, 0.2) is 72.9 Å². The Hall–Kier alpha value is -4.57. The fourth-order valence-electron chi connectivity index (χ4n) is 4.54. The van der Waals surface area contributed by atoms with Crippen LogP contribution < -0.4 is 16.0 Å². The molecule has 208 valence electrons. The van der Waals surface area contributed by atoms with Crippen molar-refractivity contribution < 1.29 is 14.4 Å². The third kappa shape index (κ3) is 7.09. The van der Waals surface area contributed by atoms with E-state index in [4.69, 9.17) is 5.73 Å². The molecule has 0 saturated carbocycles. The Morgan fingerprint density at radius 1 is 1.05 bits per heavy atom. The Labute approximate surface area is 234 Å². The predicted octanol–water partition coefficient (Wildman–Crippen LogP) is 3.10. The first-order valence-electron chi connectivity index (χ1n) is 13.2. The van der Waals surface area contributed by atoms with E-state index in [1.807, 2.05) is 60.1 Å². The molecule has 1 saturated heterocycles. The molecule has 0 radical (unpaired) electrons. The average molecular weight is 542 g/mol. The summed E-state index contributed by atoms with van der Waals surface area (Å²) in [4.78, 5) is 52.3. The van der Waals surface area contributed by atoms with E-state index < -0.39 is 5.91 Å². The number of rotatable bonds is 10. The van der Waals surface area contributed by atoms with Crippen molar-refractivity contribution in [3.05, 3.63) is 89.8 Å². The summed E-state index contributed by atoms with van der Waals surface area (Å²) in [6.45, 7) is 1.96. The molecule has 3 N–H and O–H groups in total. The average Bonchev–Trinajstić information content (AvgIpc) is 2.97. The summed E-state index contributed by atoms with van der Waals surface area (Å²) in [5, 5.41) is 3.13. The lowest BCUT2D eigenvalue weighted by molar-refractivity contribution is -0.127. The predicted molar refractivity (Wildman–Crippen MR) is 156 cm³/mol. The minimum atomic E-state index is -0.709. The third-order valence-electron chi connectivity index (χ3n) is 6.79. The van der Waals surface area contributed by atoms with Gasteiger partial charge < -0.3 is 25.8 Å². The number of carbonyl (C=O) groups is 3. The molecule has 1 aliphatic rings. The van der Waals surface area contributed by atoms with Crippen molar-refractivity contribution in [3.8, 4) is 0 Å². The molecule has 40 heavy (non-hydrogen) atoms. The number of likely N-dealkylation sites (N-methyl/N-ethyl adjacent to an activating group) is 2. The highest BCUT2D eigenvalue weighted by Gasteiger charge is 2.27. The first kappa shape index (κ1) is 28.4. The second-order valence-electron chi connectivity index (χ2n) is 10.0. The molecule has 1 aromatic heterocycles. The number of primary amides is 1. The van der Waals surface area contributed by atoms with E-state index in [0.717, 1.165) is 12.8 Å². The van der Waals surface area contributed by atoms with Crippen LogP contribution in [0.3, 0.4) is 0 Å². The number of nitrogens with two attached hydrogens (primary N) is 1. The first-order chi connectivity index (χ1) is 19.2. The molecule has 3 aromatic rings. The van der Waals surface area contributed by atoms with Crippen molar-refractivity contribution in [1.29, 1.82) is 0 Å². The number of likely N-dealkylation sites (tertiary alicyclic amines) is 1. The number of piperidine rings is 1. The maximum Gasteiger partial charge on any atom is 0.271 e. The van der Waals surface area contributed by atoms with Crippen molar-refractivity contribution in [2.45, 2.75) is 18.9 Å². The van der Waals surface area contributed by atoms with Gasteiger partial charge in [-0.15, -0.1) is 0 Å². The van der Waals surface area contributed by atoms with Crippen LogP contribution in [0.4, 0.5) is 17.3 Å². The van der Waals surface area contributed by atoms with E-state index in [1.165, 1.54) is 6.20 Å². The third-order valence-corrected chi connectivity index (χ3v) is 6.79. The van der Waals surface area contributed by atoms with E-state index in [2.05, 4.69) is 15.3 Å². The SMILES string of the molecule is CN(C)C/C=C/C(=O)N1CCC[C@@H](N(C)c2cnc(C(N)=O)c(Nc3ccc(C(=O)c4ccccc4)cc3)n2)C1. The summed E-state index contributed by atoms with van der Waals surface area (Å²) in [6.07, 6.45) is 6.77. The van der Waals surface area contributed by atoms with E-state index in [0.29, 0.717) is 42.3 Å². The van der Waals surface area contributed by atoms with Gasteiger partial charge in [0.2, 0.25) is 5.91 Å². The molecular weight excluding hydrogens is 506 g/mol. The van der Waals surface area contributed by atoms with Crippen LogP contribution in [0.1, 0.15) is 39.3 Å². The minimum Gasteiger partial charge on any atom is -0.364 e. The Morgan fingerprint density at radius 2 is 1.75 bits per heavy atom. The number of carbonyl (C=O) groups excluding carboxylic acids is 3. The zero-order valence-electron chi connectivity index (χ0n) is 23.1. The molecular formula is C30H35N7O3. The molecule has 1 atom stereocenters. The summed E-state index contributed by atoms with van der Waals surface area (Å²) >= 11 is 0. The van der Waals surface area contributed by atoms with Crippen molar-refractivity contribution in [2.24, 2.45) is 5.73 Å². The van der Waals surface area contributed by atoms with Crippen LogP contribution in [-0.2, 0) is 4.79 Å². The van der Waals surface area contributed by atoms with Gasteiger partial charge in [0.05, 0.1) is 6.20 Å². The second kappa shape index (κ2) is 13.0. The Bertz CT molecular complexity index is 1370. The molecule has 2 amide bonds. The first-order valence-corrected chi connectivity index (χ1v) is 13.2. The van der Waals surface area contributed by atoms with Gasteiger partial charge in [-0.2, -0.15) is 0 Å². The smallest absolute Gasteiger partial charge is 0.271 e. The molecule has 1 fully saturated rings. The van der Waals surface area contributed by atoms with Gasteiger partial charge in [-0.3, -0.25) is 14.4 Å². The number of anilines is 3. The van der Waals surface area contributed by atoms with E-state index in [-0.39, 0.29) is 29.2 Å². The lowest BCUT2D eigenvalue weighted by atomic mass is 10.0. The van der Waals surface area contributed by atoms with Gasteiger partial charge in [-0.05, 0) is 51.2 Å². The van der Waals surface area contributed by atoms with Gasteiger partial charge >= 0.3 is 0 Å². The fraction of sp³-hybridized carbons (Fsp3) is 0.300. The van der Waals surface area contributed by atoms with Gasteiger partial charge in [-0.1, -0.05) is 36.4 Å². The lowest BCUT2D eigenvalue weighted by Crippen LogP contribution is -2.48. The molecule has 0 aliphatic carbocycles. The van der Waals surface area contributed by atoms with Crippen LogP contribution >= 0.6 is 0 Å². The van der Waals surface area contributed by atoms with Crippen LogP contribution in [-0.4, -0.2) is 84.2 Å². The normalized spacial score (nSPS) is 15.3. The van der Waals surface area contributed by atoms with Gasteiger partial charge in [0.25, 0.3) is 5.91 Å². The van der Waals surface area contributed by atoms with Crippen LogP contribution in [0, 0.1) is 0 Å². The zero-order chi connectivity index (χ0) is 28.6. The Morgan fingerprint density at radius 3 is 2.42 bits per heavy atom. The summed E-state index contributed by atoms with van der Waals surface area (Å²) < 4.78 is 0. The van der Waals surface area contributed by atoms with Crippen molar-refractivity contribution in [3.63, 3.8) is 0 Å². The van der Waals surface area contributed by atoms with E-state index in [1.54, 1.807) is 42.5 Å². The quantitative estimate of drug-likeness (QED) is 0.296. The number of nitrogens with zero attached hydrogens (tertiary/aromatic N) is 5. The second-order valence-corrected chi connectivity index (χ2v) is 10.0. The standard InChI is InChI=1S/C30H35N7O3/c1-35(2)17-8-12-26(38)37-18-7-11-24(20-37)36(3)25-19-32-27(29(31)40)30(34-25)33-23-15-13-22(14-16-23)28(39)21-9-5-4-6-10-21/h4-6,8-10,12-16,19,24H,7,11,17-18,20H2,1-3H3,(H2,31,40)(H,33,34)/b12-8+/t24-/m1/s1. The molecule has 4 rings (SSSR count). The highest BCUT2D eigenvalue weighted by molar-refractivity contribution is 6.09. The van der Waals surface area contributed by atoms with Crippen molar-refractivity contribution in [1.82, 2.24) is 19.8 Å². The number of benzene rings is 2. The highest BCUT2D eigenvalue weighted by Crippen LogP contribution is 2.25. The van der Waals surface area contributed by atoms with Crippen LogP contribution in [0.5, 0.6) is 0 Å². The van der Waals surface area contributed by atoms with E-state index in [9.17, 15) is 14.4 Å². The van der Waals surface area contributed by atoms with Gasteiger partial charge in [0.1, 0.15) is 5.82 Å². The monoisotopic (exact) mass is 541 g/mol. The van der Waals surface area contributed by atoms with Crippen molar-refractivity contribution in [2.75, 3.05) is 51.0 Å². The number of ketones is 1. The highest BCUT2D eigenvalue weighted by atomic mass is 16.2. The summed E-state index contributed by atoms with van der Waals surface area (Å²) in [5.74, 6) is -0.0348. The molecule has 1 aliphatic heterocycles. The summed E-state index contributed by atoms with van der Waals surface area (Å²) in [5.41, 5.74) is 7.36. The van der Waals surface area contributed by atoms with Gasteiger partial charge in [-0.25, -0.2) is 9.97 Å². The summed E-state index contributed by atoms with van der Waals surface area (Å²) in [6, 6.07) is 16.0. The number of nitrogens with one attached hydrogen (secondary N) is 1. The largest absolute Gasteiger partial charge is 0.364 e. The Balaban J connectivity index is 1.49. The van der Waals surface area contributed by atoms with Gasteiger partial charge in [0, 0.05) is 55.6 Å². The maximum absolute atomic E-state index is 12.7. The molecule has 10 heteroatoms. The minimum absolute atomic E-state index is 0.00747. The zero-order valence-corrected chi connectivity index (χ0v) is 23.1. The molecule has 0 bridgehead atoms. The topological polar surface area (TPSA) is 125 Å². The molecule has 0 unspecified atom stereocenters. The molecule has 2 heterocycles. The molecule has 10 nitrogen and oxygen atoms in total. The van der Waals surface area contributed by atoms with Crippen molar-refractivity contribution >= 4 is 34.9 Å². The Kier molecular flexibility index (Phi) is 9.23. The number of hydrogen-bond donors (Lipinski definition) is 2. The number of amides is 2. The number of aromatic nitrogens is 2.